The van der Waals surface area contributed by atoms with Crippen molar-refractivity contribution in [2.24, 2.45) is 5.41 Å². The van der Waals surface area contributed by atoms with E-state index in [1.807, 2.05) is 14.1 Å². The summed E-state index contributed by atoms with van der Waals surface area (Å²) in [4.78, 5) is 2.05. The number of nitrogens with zero attached hydrogens (tertiary/aromatic N) is 1. The molecule has 35 heavy (non-hydrogen) atoms. The second-order valence-electron chi connectivity index (χ2n) is 8.85. The molecular weight excluding hydrogens is 502 g/mol. The molecule has 0 aliphatic carbocycles. The van der Waals surface area contributed by atoms with Gasteiger partial charge in [-0.3, -0.25) is 0 Å². The van der Waals surface area contributed by atoms with Crippen LogP contribution in [-0.2, 0) is 4.74 Å². The number of anilines is 4. The van der Waals surface area contributed by atoms with E-state index >= 15 is 4.39 Å². The van der Waals surface area contributed by atoms with Crippen LogP contribution in [0.25, 0.3) is 0 Å². The zero-order valence-electron chi connectivity index (χ0n) is 19.1. The molecule has 186 valence electrons. The molecule has 1 saturated heterocycles. The number of halogens is 5. The highest BCUT2D eigenvalue weighted by Crippen LogP contribution is 2.39. The van der Waals surface area contributed by atoms with Crippen LogP contribution in [0.15, 0.2) is 48.5 Å². The summed E-state index contributed by atoms with van der Waals surface area (Å²) in [6.07, 6.45) is 0. The second-order valence-corrected chi connectivity index (χ2v) is 9.66. The van der Waals surface area contributed by atoms with Gasteiger partial charge in [0.25, 0.3) is 0 Å². The number of benzene rings is 3. The van der Waals surface area contributed by atoms with Gasteiger partial charge >= 0.3 is 0 Å². The lowest BCUT2D eigenvalue weighted by atomic mass is 9.86. The zero-order chi connectivity index (χ0) is 25.2. The number of nitrogens with one attached hydrogen (secondary N) is 2. The quantitative estimate of drug-likeness (QED) is 0.319. The van der Waals surface area contributed by atoms with Crippen LogP contribution in [0.4, 0.5) is 35.9 Å². The normalized spacial score (nSPS) is 14.5. The third-order valence-electron chi connectivity index (χ3n) is 5.47. The molecule has 0 bridgehead atoms. The molecule has 1 aliphatic rings. The fourth-order valence-corrected chi connectivity index (χ4v) is 4.28. The molecule has 2 N–H and O–H groups in total. The van der Waals surface area contributed by atoms with Crippen LogP contribution in [0.2, 0.25) is 10.0 Å². The van der Waals surface area contributed by atoms with E-state index in [1.54, 1.807) is 0 Å². The maximum atomic E-state index is 15.1. The van der Waals surface area contributed by atoms with Crippen LogP contribution in [0.5, 0.6) is 5.75 Å². The summed E-state index contributed by atoms with van der Waals surface area (Å²) in [5, 5.41) is 6.14. The number of ether oxygens (including phenoxy) is 2. The fourth-order valence-electron chi connectivity index (χ4n) is 3.85. The van der Waals surface area contributed by atoms with Crippen LogP contribution < -0.4 is 15.4 Å². The fraction of sp³-hybridized carbons (Fsp3) is 0.280. The van der Waals surface area contributed by atoms with E-state index in [1.165, 1.54) is 36.4 Å². The number of rotatable bonds is 9. The minimum absolute atomic E-state index is 0.0794. The van der Waals surface area contributed by atoms with Crippen molar-refractivity contribution in [3.63, 3.8) is 0 Å². The SMILES string of the molecule is CN(C)CC1(COc2cc(Nc3ccc(F)cc3Cl)c(F)cc2Nc2ccc(F)cc2Cl)COC1. The monoisotopic (exact) mass is 525 g/mol. The molecule has 0 aromatic heterocycles. The Hall–Kier alpha value is -2.65. The molecule has 3 aromatic rings. The predicted molar refractivity (Wildman–Crippen MR) is 133 cm³/mol. The van der Waals surface area contributed by atoms with Gasteiger partial charge in [-0.1, -0.05) is 23.2 Å². The zero-order valence-corrected chi connectivity index (χ0v) is 20.6. The van der Waals surface area contributed by atoms with Crippen LogP contribution in [0.3, 0.4) is 0 Å². The number of hydrogen-bond acceptors (Lipinski definition) is 5. The Morgan fingerprint density at radius 3 is 1.91 bits per heavy atom. The highest BCUT2D eigenvalue weighted by Gasteiger charge is 2.40. The van der Waals surface area contributed by atoms with E-state index in [0.29, 0.717) is 42.6 Å². The molecule has 0 unspecified atom stereocenters. The van der Waals surface area contributed by atoms with Gasteiger partial charge in [0.05, 0.1) is 58.0 Å². The van der Waals surface area contributed by atoms with Gasteiger partial charge in [0.1, 0.15) is 23.2 Å². The lowest BCUT2D eigenvalue weighted by Crippen LogP contribution is -2.53. The van der Waals surface area contributed by atoms with E-state index in [0.717, 1.165) is 18.7 Å². The highest BCUT2D eigenvalue weighted by molar-refractivity contribution is 6.33. The molecule has 0 saturated carbocycles. The molecule has 1 fully saturated rings. The summed E-state index contributed by atoms with van der Waals surface area (Å²) < 4.78 is 53.7. The van der Waals surface area contributed by atoms with Gasteiger partial charge in [0.15, 0.2) is 0 Å². The Morgan fingerprint density at radius 1 is 0.857 bits per heavy atom. The molecule has 1 aliphatic heterocycles. The summed E-state index contributed by atoms with van der Waals surface area (Å²) >= 11 is 12.3. The van der Waals surface area contributed by atoms with Crippen LogP contribution in [0.1, 0.15) is 0 Å². The standard InChI is InChI=1S/C25H24Cl2F3N3O2/c1-33(2)11-25(12-34-13-25)14-35-24-10-22(31-20-5-3-15(28)7-17(20)26)19(30)9-23(24)32-21-6-4-16(29)8-18(21)27/h3-10,31-32H,11-14H2,1-2H3. The highest BCUT2D eigenvalue weighted by atomic mass is 35.5. The summed E-state index contributed by atoms with van der Waals surface area (Å²) in [5.41, 5.74) is 0.880. The van der Waals surface area contributed by atoms with Crippen LogP contribution in [0, 0.1) is 22.9 Å². The van der Waals surface area contributed by atoms with Gasteiger partial charge in [0.2, 0.25) is 0 Å². The molecule has 3 aromatic carbocycles. The van der Waals surface area contributed by atoms with E-state index in [2.05, 4.69) is 15.5 Å². The molecule has 0 amide bonds. The molecule has 0 spiro atoms. The Labute approximate surface area is 211 Å². The lowest BCUT2D eigenvalue weighted by Gasteiger charge is -2.42. The summed E-state index contributed by atoms with van der Waals surface area (Å²) in [7, 11) is 3.94. The van der Waals surface area contributed by atoms with Gasteiger partial charge in [-0.25, -0.2) is 13.2 Å². The third kappa shape index (κ3) is 6.13. The second kappa shape index (κ2) is 10.5. The first-order chi connectivity index (χ1) is 16.6. The average molecular weight is 526 g/mol. The predicted octanol–water partition coefficient (Wildman–Crippen LogP) is 6.85. The van der Waals surface area contributed by atoms with Crippen molar-refractivity contribution in [2.75, 3.05) is 51.1 Å². The summed E-state index contributed by atoms with van der Waals surface area (Å²) in [6, 6.07) is 10.4. The molecule has 10 heteroatoms. The van der Waals surface area contributed by atoms with Crippen molar-refractivity contribution >= 4 is 46.0 Å². The average Bonchev–Trinajstić information content (AvgIpc) is 2.75. The Balaban J connectivity index is 1.66. The molecule has 0 atom stereocenters. The molecule has 1 heterocycles. The van der Waals surface area contributed by atoms with E-state index < -0.39 is 17.5 Å². The molecule has 5 nitrogen and oxygen atoms in total. The van der Waals surface area contributed by atoms with Crippen molar-refractivity contribution < 1.29 is 22.6 Å². The van der Waals surface area contributed by atoms with Crippen molar-refractivity contribution in [2.45, 2.75) is 0 Å². The number of hydrogen-bond donors (Lipinski definition) is 2. The maximum Gasteiger partial charge on any atom is 0.148 e. The Kier molecular flexibility index (Phi) is 7.66. The molecular formula is C25H24Cl2F3N3O2. The Morgan fingerprint density at radius 2 is 1.43 bits per heavy atom. The minimum Gasteiger partial charge on any atom is -0.491 e. The van der Waals surface area contributed by atoms with E-state index in [4.69, 9.17) is 32.7 Å². The third-order valence-corrected chi connectivity index (χ3v) is 6.10. The molecule has 0 radical (unpaired) electrons. The van der Waals surface area contributed by atoms with Crippen molar-refractivity contribution in [3.8, 4) is 5.75 Å². The smallest absolute Gasteiger partial charge is 0.148 e. The first-order valence-corrected chi connectivity index (χ1v) is 11.5. The Bertz CT molecular complexity index is 1220. The largest absolute Gasteiger partial charge is 0.491 e. The first kappa shape index (κ1) is 25.4. The van der Waals surface area contributed by atoms with Gasteiger partial charge in [-0.15, -0.1) is 0 Å². The van der Waals surface area contributed by atoms with E-state index in [-0.39, 0.29) is 21.1 Å². The van der Waals surface area contributed by atoms with Crippen molar-refractivity contribution in [3.05, 3.63) is 76.0 Å². The van der Waals surface area contributed by atoms with Crippen molar-refractivity contribution in [1.29, 1.82) is 0 Å². The lowest BCUT2D eigenvalue weighted by molar-refractivity contribution is -0.139. The van der Waals surface area contributed by atoms with Gasteiger partial charge in [-0.2, -0.15) is 0 Å². The maximum absolute atomic E-state index is 15.1. The summed E-state index contributed by atoms with van der Waals surface area (Å²) in [6.45, 7) is 2.14. The van der Waals surface area contributed by atoms with Gasteiger partial charge in [-0.05, 0) is 50.5 Å². The van der Waals surface area contributed by atoms with Crippen LogP contribution in [-0.4, -0.2) is 45.4 Å². The minimum atomic E-state index is -0.617. The van der Waals surface area contributed by atoms with Gasteiger partial charge in [0, 0.05) is 18.7 Å². The van der Waals surface area contributed by atoms with Crippen molar-refractivity contribution in [1.82, 2.24) is 4.90 Å². The topological polar surface area (TPSA) is 45.8 Å². The van der Waals surface area contributed by atoms with Gasteiger partial charge < -0.3 is 25.0 Å². The van der Waals surface area contributed by atoms with E-state index in [9.17, 15) is 8.78 Å². The molecule has 4 rings (SSSR count). The first-order valence-electron chi connectivity index (χ1n) is 10.8. The summed E-state index contributed by atoms with van der Waals surface area (Å²) in [5.74, 6) is -1.28. The van der Waals surface area contributed by atoms with Crippen LogP contribution >= 0.6 is 23.2 Å².